The van der Waals surface area contributed by atoms with Gasteiger partial charge in [0.2, 0.25) is 5.69 Å². The van der Waals surface area contributed by atoms with Gasteiger partial charge in [0.05, 0.1) is 65.7 Å². The lowest BCUT2D eigenvalue weighted by Gasteiger charge is -2.31. The van der Waals surface area contributed by atoms with Crippen LogP contribution in [0, 0.1) is 0 Å². The van der Waals surface area contributed by atoms with Gasteiger partial charge in [-0.3, -0.25) is 9.59 Å². The molecule has 0 aromatic heterocycles. The van der Waals surface area contributed by atoms with Crippen molar-refractivity contribution in [3.8, 4) is 0 Å². The van der Waals surface area contributed by atoms with Gasteiger partial charge in [-0.25, -0.2) is 34.9 Å². The molecule has 27 heteroatoms. The number of unbranched alkanes of at least 4 members (excludes halogenated alkanes) is 2. The number of hydroxylamine groups is 2. The van der Waals surface area contributed by atoms with Gasteiger partial charge in [-0.2, -0.15) is 4.58 Å². The van der Waals surface area contributed by atoms with Crippen molar-refractivity contribution >= 4 is 98.8 Å². The lowest BCUT2D eigenvalue weighted by atomic mass is 9.75. The van der Waals surface area contributed by atoms with E-state index in [0.29, 0.717) is 134 Å². The van der Waals surface area contributed by atoms with E-state index < -0.39 is 73.7 Å². The summed E-state index contributed by atoms with van der Waals surface area (Å²) in [5.74, 6) is -1.98. The van der Waals surface area contributed by atoms with Crippen molar-refractivity contribution < 1.29 is 95.9 Å². The summed E-state index contributed by atoms with van der Waals surface area (Å²) in [4.78, 5) is 46.5. The molecule has 1 atom stereocenters. The van der Waals surface area contributed by atoms with Crippen molar-refractivity contribution in [2.45, 2.75) is 103 Å². The largest absolute Gasteiger partial charge is 0.744 e. The minimum absolute atomic E-state index is 0.0580. The fourth-order valence-electron chi connectivity index (χ4n) is 10.7. The van der Waals surface area contributed by atoms with Crippen LogP contribution in [0.15, 0.2) is 116 Å². The summed E-state index contributed by atoms with van der Waals surface area (Å²) in [6.07, 6.45) is 14.5. The first-order valence-electron chi connectivity index (χ1n) is 26.4. The summed E-state index contributed by atoms with van der Waals surface area (Å²) in [7, 11) is -11.2. The zero-order valence-electron chi connectivity index (χ0n) is 46.6. The highest BCUT2D eigenvalue weighted by molar-refractivity contribution is 7.94. The molecule has 1 unspecified atom stereocenters. The number of anilines is 1. The number of ether oxygens (including phenoxy) is 4. The number of carbonyl (C=O) groups is 3. The van der Waals surface area contributed by atoms with E-state index in [2.05, 4.69) is 14.5 Å². The van der Waals surface area contributed by atoms with Crippen molar-refractivity contribution in [3.05, 3.63) is 108 Å². The zero-order valence-corrected chi connectivity index (χ0v) is 49.9. The molecule has 3 heterocycles. The van der Waals surface area contributed by atoms with Crippen molar-refractivity contribution in [2.75, 3.05) is 79.0 Å². The van der Waals surface area contributed by atoms with Crippen LogP contribution in [-0.4, -0.2) is 146 Å². The fraction of sp³-hybridized carbons (Fsp3) is 0.429. The third-order valence-corrected chi connectivity index (χ3v) is 17.6. The Kier molecular flexibility index (Phi) is 21.8. The first-order chi connectivity index (χ1) is 39.4. The number of rotatable bonds is 31. The minimum atomic E-state index is -5.33. The van der Waals surface area contributed by atoms with Crippen LogP contribution in [0.1, 0.15) is 83.3 Å². The van der Waals surface area contributed by atoms with Gasteiger partial charge in [0.1, 0.15) is 37.0 Å². The number of hydrogen-bond donors (Lipinski definition) is 0. The highest BCUT2D eigenvalue weighted by Gasteiger charge is 2.47. The Labute approximate surface area is 486 Å². The van der Waals surface area contributed by atoms with Crippen LogP contribution >= 0.6 is 12.0 Å². The molecule has 2 amide bonds. The van der Waals surface area contributed by atoms with Crippen molar-refractivity contribution in [2.24, 2.45) is 0 Å². The lowest BCUT2D eigenvalue weighted by Crippen LogP contribution is -2.32. The van der Waals surface area contributed by atoms with Gasteiger partial charge in [-0.05, 0) is 110 Å². The van der Waals surface area contributed by atoms with Gasteiger partial charge in [0.25, 0.3) is 11.8 Å². The zero-order chi connectivity index (χ0) is 60.3. The van der Waals surface area contributed by atoms with Crippen molar-refractivity contribution in [1.82, 2.24) is 5.06 Å². The highest BCUT2D eigenvalue weighted by Crippen LogP contribution is 2.54. The Morgan fingerprint density at radius 3 is 1.96 bits per heavy atom. The van der Waals surface area contributed by atoms with Crippen LogP contribution in [0.25, 0.3) is 21.5 Å². The molecule has 83 heavy (non-hydrogen) atoms. The van der Waals surface area contributed by atoms with E-state index in [1.54, 1.807) is 50.7 Å². The van der Waals surface area contributed by atoms with Gasteiger partial charge in [-0.1, -0.05) is 54.3 Å². The second-order valence-corrected chi connectivity index (χ2v) is 25.0. The normalized spacial score (nSPS) is 18.0. The average molecular weight is 1230 g/mol. The average Bonchev–Trinajstić information content (AvgIpc) is 2.34. The lowest BCUT2D eigenvalue weighted by molar-refractivity contribution is -0.447. The maximum absolute atomic E-state index is 12.8. The first-order valence-corrected chi connectivity index (χ1v) is 31.3. The highest BCUT2D eigenvalue weighted by atomic mass is 32.2. The second-order valence-electron chi connectivity index (χ2n) is 20.2. The standard InChI is InChI=1S/C56H67N3O20S4/c1-55(2)48(58(27-29-76-33-31-73-5)44-21-19-40-42(53(44)55)34-38(81(63,64)65)36-46(40)80-79-78-74-6)16-11-8-7-9-12-17-49-56(3,25-14-10-13-18-52(62)77-59-50(60)23-24-51(59)61)54-43-35-39(82(66,67)68)37-47(83(69,70)71)41(43)20-22-45(54)57(49)26-15-28-75-32-30-72-4/h7-9,11-12,16-17,19-22,34-37H,10,13-15,18,23-33H2,1-6H3,(H2-,63,64,65,66,67,68,69,70,71)/p-2. The van der Waals surface area contributed by atoms with E-state index in [1.807, 2.05) is 50.0 Å². The number of nitrogens with zero attached hydrogens (tertiary/aromatic N) is 3. The van der Waals surface area contributed by atoms with Crippen LogP contribution in [0.3, 0.4) is 0 Å². The smallest absolute Gasteiger partial charge is 0.333 e. The second kappa shape index (κ2) is 28.0. The third-order valence-electron chi connectivity index (χ3n) is 14.4. The predicted molar refractivity (Wildman–Crippen MR) is 300 cm³/mol. The number of methoxy groups -OCH3 is 2. The molecule has 0 spiro atoms. The number of amides is 2. The summed E-state index contributed by atoms with van der Waals surface area (Å²) in [5, 5.41) is 6.15. The van der Waals surface area contributed by atoms with E-state index in [-0.39, 0.29) is 36.5 Å². The first kappa shape index (κ1) is 64.8. The summed E-state index contributed by atoms with van der Waals surface area (Å²) >= 11 is 0.681. The van der Waals surface area contributed by atoms with Gasteiger partial charge in [-0.15, -0.1) is 9.40 Å². The van der Waals surface area contributed by atoms with Gasteiger partial charge >= 0.3 is 5.97 Å². The van der Waals surface area contributed by atoms with Crippen molar-refractivity contribution in [3.63, 3.8) is 0 Å². The molecule has 3 aliphatic rings. The van der Waals surface area contributed by atoms with Gasteiger partial charge in [0.15, 0.2) is 12.3 Å². The van der Waals surface area contributed by atoms with E-state index >= 15 is 0 Å². The molecule has 0 bridgehead atoms. The predicted octanol–water partition coefficient (Wildman–Crippen LogP) is 7.20. The Bertz CT molecular complexity index is 3600. The summed E-state index contributed by atoms with van der Waals surface area (Å²) in [5.41, 5.74) is 2.16. The summed E-state index contributed by atoms with van der Waals surface area (Å²) in [6, 6.07) is 11.0. The molecule has 450 valence electrons. The molecule has 4 aromatic rings. The van der Waals surface area contributed by atoms with Gasteiger partial charge in [0, 0.05) is 86.0 Å². The minimum Gasteiger partial charge on any atom is -0.744 e. The Morgan fingerprint density at radius 2 is 1.31 bits per heavy atom. The van der Waals surface area contributed by atoms with Crippen LogP contribution in [0.4, 0.5) is 11.4 Å². The Morgan fingerprint density at radius 1 is 0.687 bits per heavy atom. The topological polar surface area (TPSA) is 306 Å². The summed E-state index contributed by atoms with van der Waals surface area (Å²) < 4.78 is 143. The number of imide groups is 1. The van der Waals surface area contributed by atoms with E-state index in [9.17, 15) is 53.3 Å². The number of fused-ring (bicyclic) bond motifs is 6. The molecule has 0 N–H and O–H groups in total. The molecule has 4 aromatic carbocycles. The third kappa shape index (κ3) is 15.2. The summed E-state index contributed by atoms with van der Waals surface area (Å²) in [6.45, 7) is 8.62. The van der Waals surface area contributed by atoms with E-state index in [4.69, 9.17) is 28.1 Å². The van der Waals surface area contributed by atoms with E-state index in [0.717, 1.165) is 23.0 Å². The number of carbonyl (C=O) groups excluding carboxylic acids is 3. The molecule has 1 fully saturated rings. The number of hydrogen-bond acceptors (Lipinski definition) is 22. The van der Waals surface area contributed by atoms with Crippen LogP contribution in [-0.2, 0) is 93.6 Å². The number of benzene rings is 4. The molecule has 3 aliphatic heterocycles. The maximum Gasteiger partial charge on any atom is 0.333 e. The van der Waals surface area contributed by atoms with Crippen LogP contribution in [0.5, 0.6) is 0 Å². The maximum atomic E-state index is 12.8. The van der Waals surface area contributed by atoms with E-state index in [1.165, 1.54) is 25.3 Å². The quantitative estimate of drug-likeness (QED) is 0.00702. The Hall–Kier alpha value is -5.76. The Balaban J connectivity index is 1.26. The van der Waals surface area contributed by atoms with Crippen LogP contribution in [0.2, 0.25) is 0 Å². The molecule has 23 nitrogen and oxygen atoms in total. The fourth-order valence-corrected chi connectivity index (χ4v) is 13.2. The molecule has 0 radical (unpaired) electrons. The molecule has 1 saturated heterocycles. The molecule has 7 rings (SSSR count). The monoisotopic (exact) mass is 1230 g/mol. The van der Waals surface area contributed by atoms with Crippen LogP contribution < -0.4 is 4.90 Å². The molecule has 0 aliphatic carbocycles. The number of allylic oxidation sites excluding steroid dienone is 8. The van der Waals surface area contributed by atoms with Crippen molar-refractivity contribution in [1.29, 1.82) is 0 Å². The van der Waals surface area contributed by atoms with Gasteiger partial charge < -0.3 is 42.3 Å². The molecular weight excluding hydrogens is 1160 g/mol. The molecular formula is C56H65N3O20S4-2. The SMILES string of the molecule is COCCOCCCN1/C(=C/C=C/C=C/C=C/C2=[N+](CCOCCOC)c3ccc4c(SOOOC)cc(S(=O)(=O)[O-])cc4c3C2(C)C)C(C)(CCCCCC(=O)ON2C(=O)CCC2=O)c2c1ccc1c(S(=O)(=O)[O-])cc(S(=O)(=O)[O-])cc21. The molecule has 0 saturated carbocycles.